The molecule has 3 atom stereocenters. The molecule has 1 aliphatic heterocycles. The number of amides is 1. The zero-order valence-electron chi connectivity index (χ0n) is 11.9. The Hall–Kier alpha value is -0.610. The number of likely N-dealkylation sites (tertiary alicyclic amines) is 1. The fraction of sp³-hybridized carbons (Fsp3) is 0.933. The molecule has 3 aliphatic rings. The molecule has 1 saturated heterocycles. The highest BCUT2D eigenvalue weighted by Gasteiger charge is 2.49. The van der Waals surface area contributed by atoms with Gasteiger partial charge in [-0.15, -0.1) is 0 Å². The van der Waals surface area contributed by atoms with Gasteiger partial charge in [-0.1, -0.05) is 12.8 Å². The molecule has 19 heavy (non-hydrogen) atoms. The average molecular weight is 266 g/mol. The lowest BCUT2D eigenvalue weighted by atomic mass is 9.71. The molecule has 2 saturated carbocycles. The van der Waals surface area contributed by atoms with Gasteiger partial charge in [-0.2, -0.15) is 0 Å². The van der Waals surface area contributed by atoms with E-state index in [-0.39, 0.29) is 11.8 Å². The van der Waals surface area contributed by atoms with Crippen LogP contribution in [-0.2, 0) is 4.79 Å². The van der Waals surface area contributed by atoms with Gasteiger partial charge >= 0.3 is 0 Å². The summed E-state index contributed by atoms with van der Waals surface area (Å²) in [6, 6.07) is 0. The smallest absolute Gasteiger partial charge is 0.242 e. The highest BCUT2D eigenvalue weighted by Crippen LogP contribution is 2.42. The van der Waals surface area contributed by atoms with E-state index in [1.54, 1.807) is 0 Å². The number of hydrogen-bond donors (Lipinski definition) is 2. The molecule has 2 aliphatic carbocycles. The molecule has 3 fully saturated rings. The lowest BCUT2D eigenvalue weighted by Crippen LogP contribution is -2.61. The number of nitrogens with two attached hydrogens (primary N) is 1. The molecule has 0 bridgehead atoms. The first-order valence-corrected chi connectivity index (χ1v) is 7.74. The van der Waals surface area contributed by atoms with Gasteiger partial charge in [-0.3, -0.25) is 4.79 Å². The van der Waals surface area contributed by atoms with Crippen molar-refractivity contribution >= 4 is 5.91 Å². The fourth-order valence-electron chi connectivity index (χ4n) is 3.95. The number of nitrogens with zero attached hydrogens (tertiary/aromatic N) is 1. The van der Waals surface area contributed by atoms with Crippen molar-refractivity contribution in [3.63, 3.8) is 0 Å². The van der Waals surface area contributed by atoms with Crippen LogP contribution in [0.3, 0.4) is 0 Å². The molecule has 3 N–H and O–H groups in total. The summed E-state index contributed by atoms with van der Waals surface area (Å²) < 4.78 is 0. The Morgan fingerprint density at radius 2 is 2.05 bits per heavy atom. The Morgan fingerprint density at radius 1 is 1.32 bits per heavy atom. The molecule has 0 aromatic heterocycles. The van der Waals surface area contributed by atoms with Crippen LogP contribution in [0.4, 0.5) is 0 Å². The van der Waals surface area contributed by atoms with Crippen LogP contribution in [0.5, 0.6) is 0 Å². The second kappa shape index (κ2) is 4.45. The van der Waals surface area contributed by atoms with Gasteiger partial charge < -0.3 is 15.7 Å². The molecular weight excluding hydrogens is 240 g/mol. The molecule has 0 radical (unpaired) electrons. The minimum absolute atomic E-state index is 0.0997. The van der Waals surface area contributed by atoms with Gasteiger partial charge in [0.2, 0.25) is 5.91 Å². The number of aliphatic hydroxyl groups is 1. The molecule has 108 valence electrons. The van der Waals surface area contributed by atoms with E-state index in [9.17, 15) is 9.90 Å². The van der Waals surface area contributed by atoms with E-state index in [2.05, 4.69) is 0 Å². The standard InChI is InChI=1S/C15H26N2O2/c1-14(16,11-5-6-11)13(18)17-9-8-15(19)7-3-2-4-12(15)10-17/h11-12,19H,2-10,16H2,1H3. The third-order valence-electron chi connectivity index (χ3n) is 5.60. The van der Waals surface area contributed by atoms with Crippen molar-refractivity contribution < 1.29 is 9.90 Å². The van der Waals surface area contributed by atoms with Crippen LogP contribution in [-0.4, -0.2) is 40.1 Å². The molecule has 0 aromatic rings. The lowest BCUT2D eigenvalue weighted by molar-refractivity contribution is -0.148. The van der Waals surface area contributed by atoms with Crippen molar-refractivity contribution in [2.75, 3.05) is 13.1 Å². The van der Waals surface area contributed by atoms with E-state index >= 15 is 0 Å². The summed E-state index contributed by atoms with van der Waals surface area (Å²) in [6.45, 7) is 3.26. The maximum atomic E-state index is 12.6. The number of carbonyl (C=O) groups is 1. The summed E-state index contributed by atoms with van der Waals surface area (Å²) in [7, 11) is 0. The normalized spacial score (nSPS) is 38.5. The minimum Gasteiger partial charge on any atom is -0.389 e. The Bertz CT molecular complexity index is 378. The van der Waals surface area contributed by atoms with Crippen molar-refractivity contribution in [3.8, 4) is 0 Å². The Kier molecular flexibility index (Phi) is 3.13. The largest absolute Gasteiger partial charge is 0.389 e. The average Bonchev–Trinajstić information content (AvgIpc) is 3.21. The van der Waals surface area contributed by atoms with Gasteiger partial charge in [0.1, 0.15) is 0 Å². The quantitative estimate of drug-likeness (QED) is 0.791. The van der Waals surface area contributed by atoms with Crippen molar-refractivity contribution in [1.29, 1.82) is 0 Å². The first-order chi connectivity index (χ1) is 8.93. The first-order valence-electron chi connectivity index (χ1n) is 7.74. The van der Waals surface area contributed by atoms with Gasteiger partial charge in [0.15, 0.2) is 0 Å². The van der Waals surface area contributed by atoms with Crippen molar-refractivity contribution in [2.45, 2.75) is 63.0 Å². The van der Waals surface area contributed by atoms with Crippen LogP contribution in [0.25, 0.3) is 0 Å². The summed E-state index contributed by atoms with van der Waals surface area (Å²) in [4.78, 5) is 14.5. The van der Waals surface area contributed by atoms with Crippen molar-refractivity contribution in [3.05, 3.63) is 0 Å². The van der Waals surface area contributed by atoms with Gasteiger partial charge in [-0.25, -0.2) is 0 Å². The van der Waals surface area contributed by atoms with E-state index in [1.807, 2.05) is 11.8 Å². The molecular formula is C15H26N2O2. The van der Waals surface area contributed by atoms with E-state index in [0.717, 1.165) is 38.5 Å². The third-order valence-corrected chi connectivity index (χ3v) is 5.60. The lowest BCUT2D eigenvalue weighted by Gasteiger charge is -2.48. The Morgan fingerprint density at radius 3 is 2.74 bits per heavy atom. The second-order valence-electron chi connectivity index (χ2n) is 7.10. The predicted octanol–water partition coefficient (Wildman–Crippen LogP) is 1.27. The van der Waals surface area contributed by atoms with Crippen LogP contribution >= 0.6 is 0 Å². The SMILES string of the molecule is CC(N)(C(=O)N1CCC2(O)CCCCC2C1)C1CC1. The monoisotopic (exact) mass is 266 g/mol. The number of piperidine rings is 1. The molecule has 4 heteroatoms. The number of carbonyl (C=O) groups excluding carboxylic acids is 1. The van der Waals surface area contributed by atoms with E-state index in [4.69, 9.17) is 5.73 Å². The molecule has 0 aromatic carbocycles. The summed E-state index contributed by atoms with van der Waals surface area (Å²) in [6.07, 6.45) is 7.15. The maximum Gasteiger partial charge on any atom is 0.242 e. The fourth-order valence-corrected chi connectivity index (χ4v) is 3.95. The summed E-state index contributed by atoms with van der Waals surface area (Å²) in [5.41, 5.74) is 5.04. The van der Waals surface area contributed by atoms with Crippen LogP contribution in [0.15, 0.2) is 0 Å². The maximum absolute atomic E-state index is 12.6. The topological polar surface area (TPSA) is 66.6 Å². The summed E-state index contributed by atoms with van der Waals surface area (Å²) in [5.74, 6) is 0.726. The minimum atomic E-state index is -0.690. The van der Waals surface area contributed by atoms with Crippen molar-refractivity contribution in [1.82, 2.24) is 4.90 Å². The second-order valence-corrected chi connectivity index (χ2v) is 7.10. The van der Waals surface area contributed by atoms with Crippen molar-refractivity contribution in [2.24, 2.45) is 17.6 Å². The molecule has 4 nitrogen and oxygen atoms in total. The highest BCUT2D eigenvalue weighted by atomic mass is 16.3. The number of rotatable bonds is 2. The predicted molar refractivity (Wildman–Crippen MR) is 73.4 cm³/mol. The molecule has 3 unspecified atom stereocenters. The van der Waals surface area contributed by atoms with Gasteiger partial charge in [0, 0.05) is 19.0 Å². The summed E-state index contributed by atoms with van der Waals surface area (Å²) in [5, 5.41) is 10.6. The van der Waals surface area contributed by atoms with E-state index in [1.165, 1.54) is 6.42 Å². The van der Waals surface area contributed by atoms with Gasteiger partial charge in [-0.05, 0) is 44.9 Å². The molecule has 1 amide bonds. The number of fused-ring (bicyclic) bond motifs is 1. The third kappa shape index (κ3) is 2.29. The zero-order valence-corrected chi connectivity index (χ0v) is 11.9. The van der Waals surface area contributed by atoms with Crippen LogP contribution in [0, 0.1) is 11.8 Å². The molecule has 1 heterocycles. The van der Waals surface area contributed by atoms with Crippen LogP contribution in [0.1, 0.15) is 51.9 Å². The van der Waals surface area contributed by atoms with E-state index in [0.29, 0.717) is 19.0 Å². The molecule has 3 rings (SSSR count). The van der Waals surface area contributed by atoms with E-state index < -0.39 is 11.1 Å². The van der Waals surface area contributed by atoms with Gasteiger partial charge in [0.05, 0.1) is 11.1 Å². The first kappa shape index (κ1) is 13.4. The molecule has 0 spiro atoms. The van der Waals surface area contributed by atoms with Crippen LogP contribution in [0.2, 0.25) is 0 Å². The number of hydrogen-bond acceptors (Lipinski definition) is 3. The Labute approximate surface area is 115 Å². The van der Waals surface area contributed by atoms with Crippen LogP contribution < -0.4 is 5.73 Å². The van der Waals surface area contributed by atoms with Gasteiger partial charge in [0.25, 0.3) is 0 Å². The highest BCUT2D eigenvalue weighted by molar-refractivity contribution is 5.86. The summed E-state index contributed by atoms with van der Waals surface area (Å²) >= 11 is 0. The zero-order chi connectivity index (χ0) is 13.7. The Balaban J connectivity index is 1.69.